The molecule has 106 valence electrons. The number of aromatic nitrogens is 3. The van der Waals surface area contributed by atoms with Gasteiger partial charge in [0, 0.05) is 26.2 Å². The molecule has 7 heteroatoms. The predicted molar refractivity (Wildman–Crippen MR) is 76.5 cm³/mol. The van der Waals surface area contributed by atoms with Crippen molar-refractivity contribution in [1.82, 2.24) is 25.2 Å². The average molecular weight is 283 g/mol. The van der Waals surface area contributed by atoms with E-state index in [1.165, 1.54) is 0 Å². The first-order chi connectivity index (χ1) is 9.13. The van der Waals surface area contributed by atoms with E-state index in [4.69, 9.17) is 0 Å². The molecule has 2 heterocycles. The molecule has 0 aliphatic carbocycles. The van der Waals surface area contributed by atoms with Crippen LogP contribution in [0.1, 0.15) is 29.9 Å². The van der Waals surface area contributed by atoms with Gasteiger partial charge in [-0.1, -0.05) is 5.21 Å². The van der Waals surface area contributed by atoms with Gasteiger partial charge in [-0.05, 0) is 25.4 Å². The Kier molecular flexibility index (Phi) is 4.81. The van der Waals surface area contributed by atoms with Crippen LogP contribution in [0.2, 0.25) is 0 Å². The fourth-order valence-electron chi connectivity index (χ4n) is 1.88. The van der Waals surface area contributed by atoms with Crippen LogP contribution in [0, 0.1) is 0 Å². The number of hydrogen-bond donors (Lipinski definition) is 1. The Morgan fingerprint density at radius 1 is 1.68 bits per heavy atom. The van der Waals surface area contributed by atoms with E-state index in [1.54, 1.807) is 27.5 Å². The molecule has 1 N–H and O–H groups in total. The quantitative estimate of drug-likeness (QED) is 0.830. The first kappa shape index (κ1) is 14.3. The zero-order valence-electron chi connectivity index (χ0n) is 11.7. The number of nitrogens with zero attached hydrogens (tertiary/aromatic N) is 4. The molecule has 2 rings (SSSR count). The Morgan fingerprint density at radius 3 is 3.00 bits per heavy atom. The summed E-state index contributed by atoms with van der Waals surface area (Å²) >= 11 is 1.80. The number of carbonyl (C=O) groups is 1. The highest BCUT2D eigenvalue weighted by Gasteiger charge is 2.24. The molecule has 1 unspecified atom stereocenters. The first-order valence-corrected chi connectivity index (χ1v) is 7.91. The van der Waals surface area contributed by atoms with Crippen LogP contribution >= 0.6 is 11.8 Å². The van der Waals surface area contributed by atoms with Crippen molar-refractivity contribution in [3.8, 4) is 0 Å². The maximum Gasteiger partial charge on any atom is 0.276 e. The first-order valence-electron chi connectivity index (χ1n) is 6.52. The zero-order valence-corrected chi connectivity index (χ0v) is 12.5. The molecular weight excluding hydrogens is 262 g/mol. The number of thioether (sulfide) groups is 1. The van der Waals surface area contributed by atoms with Crippen LogP contribution in [0.3, 0.4) is 0 Å². The highest BCUT2D eigenvalue weighted by atomic mass is 32.2. The van der Waals surface area contributed by atoms with Crippen molar-refractivity contribution in [3.05, 3.63) is 11.9 Å². The van der Waals surface area contributed by atoms with E-state index >= 15 is 0 Å². The van der Waals surface area contributed by atoms with Crippen LogP contribution in [0.15, 0.2) is 6.20 Å². The summed E-state index contributed by atoms with van der Waals surface area (Å²) in [6.45, 7) is 3.86. The van der Waals surface area contributed by atoms with Gasteiger partial charge in [0.1, 0.15) is 0 Å². The maximum absolute atomic E-state index is 12.3. The van der Waals surface area contributed by atoms with Gasteiger partial charge < -0.3 is 10.2 Å². The van der Waals surface area contributed by atoms with Crippen molar-refractivity contribution in [1.29, 1.82) is 0 Å². The van der Waals surface area contributed by atoms with Crippen molar-refractivity contribution >= 4 is 17.7 Å². The third-order valence-corrected chi connectivity index (χ3v) is 4.23. The summed E-state index contributed by atoms with van der Waals surface area (Å²) in [5, 5.41) is 11.2. The van der Waals surface area contributed by atoms with Gasteiger partial charge >= 0.3 is 0 Å². The van der Waals surface area contributed by atoms with E-state index in [2.05, 4.69) is 28.8 Å². The smallest absolute Gasteiger partial charge is 0.276 e. The minimum absolute atomic E-state index is 0.0489. The molecule has 1 fully saturated rings. The van der Waals surface area contributed by atoms with E-state index in [0.29, 0.717) is 11.7 Å². The SMILES string of the molecule is CSCCC(C)N(C)C(=O)c1cn(C2CNC2)nn1. The molecule has 0 aromatic carbocycles. The van der Waals surface area contributed by atoms with Gasteiger partial charge in [0.25, 0.3) is 5.91 Å². The van der Waals surface area contributed by atoms with Crippen LogP contribution in [-0.2, 0) is 0 Å². The van der Waals surface area contributed by atoms with Crippen molar-refractivity contribution < 1.29 is 4.79 Å². The lowest BCUT2D eigenvalue weighted by Crippen LogP contribution is -2.43. The Morgan fingerprint density at radius 2 is 2.42 bits per heavy atom. The monoisotopic (exact) mass is 283 g/mol. The molecule has 0 radical (unpaired) electrons. The molecule has 1 aromatic heterocycles. The summed E-state index contributed by atoms with van der Waals surface area (Å²) in [5.41, 5.74) is 0.436. The van der Waals surface area contributed by atoms with Crippen LogP contribution in [-0.4, -0.2) is 64.0 Å². The number of amides is 1. The Labute approximate surface area is 117 Å². The minimum Gasteiger partial charge on any atom is -0.338 e. The molecule has 1 aromatic rings. The van der Waals surface area contributed by atoms with Crippen LogP contribution < -0.4 is 5.32 Å². The van der Waals surface area contributed by atoms with Crippen LogP contribution in [0.25, 0.3) is 0 Å². The molecule has 6 nitrogen and oxygen atoms in total. The molecular formula is C12H21N5OS. The highest BCUT2D eigenvalue weighted by molar-refractivity contribution is 7.98. The second-order valence-electron chi connectivity index (χ2n) is 4.94. The van der Waals surface area contributed by atoms with Crippen molar-refractivity contribution in [2.24, 2.45) is 0 Å². The largest absolute Gasteiger partial charge is 0.338 e. The van der Waals surface area contributed by atoms with E-state index in [9.17, 15) is 4.79 Å². The lowest BCUT2D eigenvalue weighted by atomic mass is 10.2. The summed E-state index contributed by atoms with van der Waals surface area (Å²) < 4.78 is 1.78. The lowest BCUT2D eigenvalue weighted by Gasteiger charge is -2.26. The predicted octanol–water partition coefficient (Wildman–Crippen LogP) is 0.636. The van der Waals surface area contributed by atoms with Gasteiger partial charge in [-0.2, -0.15) is 11.8 Å². The standard InChI is InChI=1S/C12H21N5OS/c1-9(4-5-19-3)16(2)12(18)11-8-17(15-14-11)10-6-13-7-10/h8-10,13H,4-7H2,1-3H3. The van der Waals surface area contributed by atoms with E-state index < -0.39 is 0 Å². The molecule has 1 amide bonds. The highest BCUT2D eigenvalue weighted by Crippen LogP contribution is 2.12. The summed E-state index contributed by atoms with van der Waals surface area (Å²) in [6.07, 6.45) is 4.82. The Bertz CT molecular complexity index is 432. The van der Waals surface area contributed by atoms with Crippen molar-refractivity contribution in [2.45, 2.75) is 25.4 Å². The van der Waals surface area contributed by atoms with Gasteiger partial charge in [-0.25, -0.2) is 4.68 Å². The van der Waals surface area contributed by atoms with Crippen molar-refractivity contribution in [3.63, 3.8) is 0 Å². The molecule has 1 aliphatic heterocycles. The molecule has 1 saturated heterocycles. The average Bonchev–Trinajstić information content (AvgIpc) is 2.81. The third kappa shape index (κ3) is 3.27. The third-order valence-electron chi connectivity index (χ3n) is 3.58. The molecule has 19 heavy (non-hydrogen) atoms. The molecule has 0 saturated carbocycles. The molecule has 1 atom stereocenters. The zero-order chi connectivity index (χ0) is 13.8. The Hall–Kier alpha value is -1.08. The fraction of sp³-hybridized carbons (Fsp3) is 0.750. The summed E-state index contributed by atoms with van der Waals surface area (Å²) in [6, 6.07) is 0.559. The van der Waals surface area contributed by atoms with Crippen molar-refractivity contribution in [2.75, 3.05) is 32.1 Å². The number of nitrogens with one attached hydrogen (secondary N) is 1. The van der Waals surface area contributed by atoms with Gasteiger partial charge in [0.15, 0.2) is 5.69 Å². The minimum atomic E-state index is -0.0489. The van der Waals surface area contributed by atoms with Gasteiger partial charge in [0.05, 0.1) is 12.2 Å². The second kappa shape index (κ2) is 6.38. The summed E-state index contributed by atoms with van der Waals surface area (Å²) in [5.74, 6) is 1.01. The maximum atomic E-state index is 12.3. The molecule has 1 aliphatic rings. The molecule has 0 spiro atoms. The van der Waals surface area contributed by atoms with Gasteiger partial charge in [-0.15, -0.1) is 5.10 Å². The topological polar surface area (TPSA) is 63.1 Å². The fourth-order valence-corrected chi connectivity index (χ4v) is 2.45. The van der Waals surface area contributed by atoms with Crippen LogP contribution in [0.5, 0.6) is 0 Å². The van der Waals surface area contributed by atoms with Crippen LogP contribution in [0.4, 0.5) is 0 Å². The lowest BCUT2D eigenvalue weighted by molar-refractivity contribution is 0.0735. The summed E-state index contributed by atoms with van der Waals surface area (Å²) in [7, 11) is 1.83. The molecule has 0 bridgehead atoms. The number of carbonyl (C=O) groups excluding carboxylic acids is 1. The van der Waals surface area contributed by atoms with Gasteiger partial charge in [0.2, 0.25) is 0 Å². The Balaban J connectivity index is 1.96. The van der Waals surface area contributed by atoms with E-state index in [-0.39, 0.29) is 11.9 Å². The summed E-state index contributed by atoms with van der Waals surface area (Å²) in [4.78, 5) is 14.0. The van der Waals surface area contributed by atoms with E-state index in [1.807, 2.05) is 7.05 Å². The van der Waals surface area contributed by atoms with Gasteiger partial charge in [-0.3, -0.25) is 4.79 Å². The normalized spacial score (nSPS) is 17.0. The number of rotatable bonds is 6. The number of hydrogen-bond acceptors (Lipinski definition) is 5. The van der Waals surface area contributed by atoms with E-state index in [0.717, 1.165) is 25.3 Å². The second-order valence-corrected chi connectivity index (χ2v) is 5.93.